The van der Waals surface area contributed by atoms with Gasteiger partial charge in [-0.25, -0.2) is 9.50 Å². The molecule has 3 N–H and O–H groups in total. The number of carbonyl (C=O) groups excluding carboxylic acids is 1. The predicted molar refractivity (Wildman–Crippen MR) is 83.3 cm³/mol. The van der Waals surface area contributed by atoms with E-state index >= 15 is 0 Å². The predicted octanol–water partition coefficient (Wildman–Crippen LogP) is 0.890. The Hall–Kier alpha value is -3.01. The van der Waals surface area contributed by atoms with Gasteiger partial charge in [0.1, 0.15) is 29.2 Å². The highest BCUT2D eigenvalue weighted by atomic mass is 32.2. The third-order valence-corrected chi connectivity index (χ3v) is 4.34. The van der Waals surface area contributed by atoms with E-state index in [2.05, 4.69) is 15.4 Å². The molecule has 0 unspecified atom stereocenters. The molecule has 124 valence electrons. The van der Waals surface area contributed by atoms with Crippen LogP contribution in [0.1, 0.15) is 16.1 Å². The lowest BCUT2D eigenvalue weighted by atomic mass is 10.2. The molecule has 0 saturated heterocycles. The van der Waals surface area contributed by atoms with E-state index in [9.17, 15) is 14.4 Å². The fraction of sp³-hybridized carbons (Fsp3) is 0.143. The van der Waals surface area contributed by atoms with E-state index in [0.717, 1.165) is 4.90 Å². The van der Waals surface area contributed by atoms with Gasteiger partial charge in [-0.3, -0.25) is 19.5 Å². The summed E-state index contributed by atoms with van der Waals surface area (Å²) in [5, 5.41) is 14.1. The van der Waals surface area contributed by atoms with Crippen LogP contribution in [-0.4, -0.2) is 38.1 Å². The van der Waals surface area contributed by atoms with Gasteiger partial charge < -0.3 is 14.8 Å². The quantitative estimate of drug-likeness (QED) is 0.624. The van der Waals surface area contributed by atoms with Crippen LogP contribution in [0, 0.1) is 6.92 Å². The highest BCUT2D eigenvalue weighted by Gasteiger charge is 2.20. The van der Waals surface area contributed by atoms with E-state index < -0.39 is 23.9 Å². The Morgan fingerprint density at radius 2 is 2.29 bits per heavy atom. The van der Waals surface area contributed by atoms with Crippen LogP contribution in [0.2, 0.25) is 0 Å². The molecular weight excluding hydrogens is 336 g/mol. The number of aromatic amines is 1. The molecule has 3 heterocycles. The van der Waals surface area contributed by atoms with Gasteiger partial charge in [-0.2, -0.15) is 0 Å². The minimum atomic E-state index is -1.20. The number of amides is 1. The SMILES string of the molecule is Cc1occc1Sc1cc(=O)c(C(=O)NCC(=O)O)c2nc[nH]n12. The number of H-pyrrole nitrogens is 1. The van der Waals surface area contributed by atoms with Crippen molar-refractivity contribution >= 4 is 29.3 Å². The standard InChI is InChI=1S/C14H12N4O5S/c1-7-9(2-3-23-7)24-10-4-8(19)12(13-16-6-17-18(10)13)14(22)15-5-11(20)21/h2-4,6H,5H2,1H3,(H,15,22)(H,16,17)(H,20,21). The summed E-state index contributed by atoms with van der Waals surface area (Å²) in [5.41, 5.74) is -0.645. The van der Waals surface area contributed by atoms with Gasteiger partial charge in [0.2, 0.25) is 0 Å². The van der Waals surface area contributed by atoms with Crippen LogP contribution in [0.15, 0.2) is 43.9 Å². The van der Waals surface area contributed by atoms with Gasteiger partial charge in [-0.05, 0) is 13.0 Å². The minimum Gasteiger partial charge on any atom is -0.480 e. The van der Waals surface area contributed by atoms with Gasteiger partial charge in [-0.1, -0.05) is 11.8 Å². The lowest BCUT2D eigenvalue weighted by Crippen LogP contribution is -2.33. The van der Waals surface area contributed by atoms with Gasteiger partial charge in [0.15, 0.2) is 11.1 Å². The summed E-state index contributed by atoms with van der Waals surface area (Å²) in [6.45, 7) is 1.21. The lowest BCUT2D eigenvalue weighted by Gasteiger charge is -2.07. The van der Waals surface area contributed by atoms with Crippen molar-refractivity contribution in [2.24, 2.45) is 0 Å². The summed E-state index contributed by atoms with van der Waals surface area (Å²) < 4.78 is 6.70. The van der Waals surface area contributed by atoms with Gasteiger partial charge in [0.25, 0.3) is 5.91 Å². The zero-order valence-electron chi connectivity index (χ0n) is 12.4. The monoisotopic (exact) mass is 348 g/mol. The molecule has 0 radical (unpaired) electrons. The van der Waals surface area contributed by atoms with Gasteiger partial charge >= 0.3 is 5.97 Å². The lowest BCUT2D eigenvalue weighted by molar-refractivity contribution is -0.135. The second kappa shape index (κ2) is 6.24. The summed E-state index contributed by atoms with van der Waals surface area (Å²) >= 11 is 1.28. The Bertz CT molecular complexity index is 987. The van der Waals surface area contributed by atoms with E-state index in [1.54, 1.807) is 13.0 Å². The maximum atomic E-state index is 12.3. The number of rotatable bonds is 5. The number of carbonyl (C=O) groups is 2. The summed E-state index contributed by atoms with van der Waals surface area (Å²) in [6.07, 6.45) is 2.88. The minimum absolute atomic E-state index is 0.119. The number of carboxylic acid groups (broad SMARTS) is 1. The number of pyridine rings is 1. The molecule has 0 bridgehead atoms. The van der Waals surface area contributed by atoms with Crippen molar-refractivity contribution in [3.63, 3.8) is 0 Å². The number of furan rings is 1. The largest absolute Gasteiger partial charge is 0.480 e. The average Bonchev–Trinajstić information content (AvgIpc) is 3.15. The molecule has 3 aromatic heterocycles. The Balaban J connectivity index is 2.03. The molecule has 3 aromatic rings. The van der Waals surface area contributed by atoms with Crippen LogP contribution >= 0.6 is 11.8 Å². The van der Waals surface area contributed by atoms with E-state index in [-0.39, 0.29) is 11.2 Å². The summed E-state index contributed by atoms with van der Waals surface area (Å²) in [4.78, 5) is 39.8. The van der Waals surface area contributed by atoms with Crippen LogP contribution in [0.3, 0.4) is 0 Å². The van der Waals surface area contributed by atoms with Crippen molar-refractivity contribution in [1.29, 1.82) is 0 Å². The van der Waals surface area contributed by atoms with Crippen LogP contribution in [0.25, 0.3) is 5.65 Å². The molecular formula is C14H12N4O5S. The highest BCUT2D eigenvalue weighted by molar-refractivity contribution is 7.99. The number of nitrogens with one attached hydrogen (secondary N) is 2. The number of carboxylic acids is 1. The molecule has 0 aliphatic rings. The summed E-state index contributed by atoms with van der Waals surface area (Å²) in [6, 6.07) is 3.05. The van der Waals surface area contributed by atoms with E-state index in [1.165, 1.54) is 34.9 Å². The van der Waals surface area contributed by atoms with Crippen LogP contribution in [0.4, 0.5) is 0 Å². The highest BCUT2D eigenvalue weighted by Crippen LogP contribution is 2.30. The zero-order valence-corrected chi connectivity index (χ0v) is 13.2. The fourth-order valence-electron chi connectivity index (χ4n) is 2.09. The molecule has 0 spiro atoms. The van der Waals surface area contributed by atoms with Crippen molar-refractivity contribution in [3.05, 3.63) is 46.3 Å². The van der Waals surface area contributed by atoms with Crippen molar-refractivity contribution in [2.75, 3.05) is 6.54 Å². The Labute approximate surface area is 138 Å². The van der Waals surface area contributed by atoms with E-state index in [1.807, 2.05) is 0 Å². The number of aryl methyl sites for hydroxylation is 1. The molecule has 0 aliphatic carbocycles. The molecule has 3 rings (SSSR count). The maximum absolute atomic E-state index is 12.3. The molecule has 1 amide bonds. The van der Waals surface area contributed by atoms with Crippen molar-refractivity contribution in [3.8, 4) is 0 Å². The molecule has 0 atom stereocenters. The summed E-state index contributed by atoms with van der Waals surface area (Å²) in [7, 11) is 0. The Morgan fingerprint density at radius 1 is 1.50 bits per heavy atom. The van der Waals surface area contributed by atoms with Crippen molar-refractivity contribution < 1.29 is 19.1 Å². The number of aliphatic carboxylic acids is 1. The van der Waals surface area contributed by atoms with E-state index in [0.29, 0.717) is 10.8 Å². The number of aromatic nitrogens is 3. The van der Waals surface area contributed by atoms with E-state index in [4.69, 9.17) is 9.52 Å². The molecule has 0 aromatic carbocycles. The van der Waals surface area contributed by atoms with Crippen molar-refractivity contribution in [2.45, 2.75) is 16.8 Å². The average molecular weight is 348 g/mol. The number of nitrogens with zero attached hydrogens (tertiary/aromatic N) is 2. The number of hydrogen-bond donors (Lipinski definition) is 3. The third-order valence-electron chi connectivity index (χ3n) is 3.18. The molecule has 0 saturated carbocycles. The molecule has 9 nitrogen and oxygen atoms in total. The van der Waals surface area contributed by atoms with Crippen LogP contribution in [-0.2, 0) is 4.79 Å². The topological polar surface area (TPSA) is 130 Å². The molecule has 0 fully saturated rings. The first-order valence-electron chi connectivity index (χ1n) is 6.78. The van der Waals surface area contributed by atoms with Gasteiger partial charge in [0, 0.05) is 6.07 Å². The molecule has 24 heavy (non-hydrogen) atoms. The number of hydrogen-bond acceptors (Lipinski definition) is 6. The number of fused-ring (bicyclic) bond motifs is 1. The normalized spacial score (nSPS) is 10.9. The Kier molecular flexibility index (Phi) is 4.13. The summed E-state index contributed by atoms with van der Waals surface area (Å²) in [5.74, 6) is -1.30. The van der Waals surface area contributed by atoms with Crippen LogP contribution < -0.4 is 10.7 Å². The third kappa shape index (κ3) is 2.91. The molecule has 0 aliphatic heterocycles. The second-order valence-electron chi connectivity index (χ2n) is 4.79. The second-order valence-corrected chi connectivity index (χ2v) is 5.85. The first-order valence-corrected chi connectivity index (χ1v) is 7.60. The first kappa shape index (κ1) is 15.9. The Morgan fingerprint density at radius 3 is 2.96 bits per heavy atom. The fourth-order valence-corrected chi connectivity index (χ4v) is 3.03. The van der Waals surface area contributed by atoms with Gasteiger partial charge in [-0.15, -0.1) is 0 Å². The van der Waals surface area contributed by atoms with Crippen molar-refractivity contribution in [1.82, 2.24) is 19.9 Å². The molecule has 10 heteroatoms. The zero-order chi connectivity index (χ0) is 17.3. The van der Waals surface area contributed by atoms with Crippen LogP contribution in [0.5, 0.6) is 0 Å². The van der Waals surface area contributed by atoms with Gasteiger partial charge in [0.05, 0.1) is 11.2 Å². The smallest absolute Gasteiger partial charge is 0.322 e. The maximum Gasteiger partial charge on any atom is 0.322 e. The first-order chi connectivity index (χ1) is 11.5.